The number of phenols is 1. The highest BCUT2D eigenvalue weighted by molar-refractivity contribution is 6.00. The van der Waals surface area contributed by atoms with E-state index in [2.05, 4.69) is 5.32 Å². The largest absolute Gasteiger partial charge is 0.507 e. The Kier molecular flexibility index (Phi) is 4.11. The van der Waals surface area contributed by atoms with Gasteiger partial charge in [-0.3, -0.25) is 9.69 Å². The Morgan fingerprint density at radius 1 is 1.43 bits per heavy atom. The van der Waals surface area contributed by atoms with Gasteiger partial charge in [0, 0.05) is 13.1 Å². The molecule has 1 fully saturated rings. The molecular formula is C14H16N2O5. The van der Waals surface area contributed by atoms with Crippen LogP contribution in [0.4, 0.5) is 4.79 Å². The molecule has 1 heterocycles. The van der Waals surface area contributed by atoms with Gasteiger partial charge < -0.3 is 15.2 Å². The molecule has 0 aromatic heterocycles. The molecule has 0 aliphatic carbocycles. The minimum Gasteiger partial charge on any atom is -0.507 e. The number of esters is 1. The van der Waals surface area contributed by atoms with Crippen LogP contribution in [0.25, 0.3) is 0 Å². The van der Waals surface area contributed by atoms with Crippen LogP contribution in [0.15, 0.2) is 18.2 Å². The Labute approximate surface area is 121 Å². The SMILES string of the molecule is Cc1cccc(C(=O)OC(C)C(=O)N2CCNC2=O)c1O. The summed E-state index contributed by atoms with van der Waals surface area (Å²) in [5.41, 5.74) is 0.517. The minimum atomic E-state index is -1.11. The van der Waals surface area contributed by atoms with Crippen LogP contribution in [0.2, 0.25) is 0 Å². The Bertz CT molecular complexity index is 599. The summed E-state index contributed by atoms with van der Waals surface area (Å²) in [5, 5.41) is 12.3. The van der Waals surface area contributed by atoms with Crippen molar-refractivity contribution in [2.45, 2.75) is 20.0 Å². The van der Waals surface area contributed by atoms with Crippen molar-refractivity contribution in [3.8, 4) is 5.75 Å². The van der Waals surface area contributed by atoms with Gasteiger partial charge >= 0.3 is 12.0 Å². The quantitative estimate of drug-likeness (QED) is 0.803. The summed E-state index contributed by atoms with van der Waals surface area (Å²) in [7, 11) is 0. The van der Waals surface area contributed by atoms with E-state index in [1.807, 2.05) is 0 Å². The topological polar surface area (TPSA) is 95.9 Å². The Hall–Kier alpha value is -2.57. The molecule has 2 N–H and O–H groups in total. The third-order valence-electron chi connectivity index (χ3n) is 3.21. The molecule has 1 aliphatic heterocycles. The van der Waals surface area contributed by atoms with Crippen molar-refractivity contribution in [2.24, 2.45) is 0 Å². The van der Waals surface area contributed by atoms with Gasteiger partial charge in [0.2, 0.25) is 0 Å². The summed E-state index contributed by atoms with van der Waals surface area (Å²) in [6.45, 7) is 3.66. The van der Waals surface area contributed by atoms with Crippen LogP contribution in [0.3, 0.4) is 0 Å². The second-order valence-corrected chi connectivity index (χ2v) is 4.74. The highest BCUT2D eigenvalue weighted by Crippen LogP contribution is 2.22. The number of urea groups is 1. The molecule has 0 radical (unpaired) electrons. The van der Waals surface area contributed by atoms with Gasteiger partial charge in [-0.15, -0.1) is 0 Å². The second kappa shape index (κ2) is 5.82. The van der Waals surface area contributed by atoms with E-state index in [0.717, 1.165) is 4.90 Å². The maximum absolute atomic E-state index is 12.0. The maximum Gasteiger partial charge on any atom is 0.342 e. The summed E-state index contributed by atoms with van der Waals surface area (Å²) >= 11 is 0. The number of rotatable bonds is 3. The summed E-state index contributed by atoms with van der Waals surface area (Å²) in [5.74, 6) is -1.58. The molecule has 7 heteroatoms. The normalized spacial score (nSPS) is 15.5. The number of aryl methyl sites for hydroxylation is 1. The molecule has 1 saturated heterocycles. The van der Waals surface area contributed by atoms with Crippen molar-refractivity contribution in [1.82, 2.24) is 10.2 Å². The number of carbonyl (C=O) groups is 3. The van der Waals surface area contributed by atoms with E-state index in [1.165, 1.54) is 13.0 Å². The first-order valence-corrected chi connectivity index (χ1v) is 6.50. The first-order chi connectivity index (χ1) is 9.91. The van der Waals surface area contributed by atoms with E-state index in [-0.39, 0.29) is 17.9 Å². The number of carbonyl (C=O) groups excluding carboxylic acids is 3. The van der Waals surface area contributed by atoms with Gasteiger partial charge in [-0.25, -0.2) is 9.59 Å². The zero-order valence-corrected chi connectivity index (χ0v) is 11.8. The Morgan fingerprint density at radius 3 is 2.76 bits per heavy atom. The number of nitrogens with one attached hydrogen (secondary N) is 1. The minimum absolute atomic E-state index is 0.0134. The van der Waals surface area contributed by atoms with Crippen molar-refractivity contribution >= 4 is 17.9 Å². The molecule has 0 saturated carbocycles. The number of nitrogens with zero attached hydrogens (tertiary/aromatic N) is 1. The molecule has 2 rings (SSSR count). The number of imide groups is 1. The van der Waals surface area contributed by atoms with Crippen molar-refractivity contribution in [1.29, 1.82) is 0 Å². The lowest BCUT2D eigenvalue weighted by molar-refractivity contribution is -0.136. The van der Waals surface area contributed by atoms with E-state index in [1.54, 1.807) is 19.1 Å². The number of benzene rings is 1. The summed E-state index contributed by atoms with van der Waals surface area (Å²) in [6, 6.07) is 4.16. The maximum atomic E-state index is 12.0. The number of phenolic OH excluding ortho intramolecular Hbond substituents is 1. The number of para-hydroxylation sites is 1. The molecule has 7 nitrogen and oxygen atoms in total. The zero-order valence-electron chi connectivity index (χ0n) is 11.8. The van der Waals surface area contributed by atoms with Gasteiger partial charge in [0.05, 0.1) is 0 Å². The average molecular weight is 292 g/mol. The van der Waals surface area contributed by atoms with Crippen molar-refractivity contribution in [3.05, 3.63) is 29.3 Å². The molecule has 0 spiro atoms. The second-order valence-electron chi connectivity index (χ2n) is 4.74. The van der Waals surface area contributed by atoms with E-state index in [0.29, 0.717) is 12.1 Å². The number of ether oxygens (including phenoxy) is 1. The predicted octanol–water partition coefficient (Wildman–Crippen LogP) is 0.798. The van der Waals surface area contributed by atoms with E-state index < -0.39 is 24.0 Å². The lowest BCUT2D eigenvalue weighted by Crippen LogP contribution is -2.41. The fraction of sp³-hybridized carbons (Fsp3) is 0.357. The standard InChI is InChI=1S/C14H16N2O5/c1-8-4-3-5-10(11(8)17)13(19)21-9(2)12(18)16-7-6-15-14(16)20/h3-5,9,17H,6-7H2,1-2H3,(H,15,20). The van der Waals surface area contributed by atoms with Crippen LogP contribution in [0.5, 0.6) is 5.75 Å². The Balaban J connectivity index is 2.07. The van der Waals surface area contributed by atoms with Crippen LogP contribution < -0.4 is 5.32 Å². The molecule has 1 aliphatic rings. The molecule has 1 atom stereocenters. The van der Waals surface area contributed by atoms with E-state index in [9.17, 15) is 19.5 Å². The van der Waals surface area contributed by atoms with Gasteiger partial charge in [-0.1, -0.05) is 12.1 Å². The highest BCUT2D eigenvalue weighted by atomic mass is 16.5. The van der Waals surface area contributed by atoms with Crippen LogP contribution in [0.1, 0.15) is 22.8 Å². The van der Waals surface area contributed by atoms with Crippen LogP contribution in [-0.2, 0) is 9.53 Å². The molecule has 0 bridgehead atoms. The highest BCUT2D eigenvalue weighted by Gasteiger charge is 2.32. The molecule has 21 heavy (non-hydrogen) atoms. The number of aromatic hydroxyl groups is 1. The fourth-order valence-electron chi connectivity index (χ4n) is 2.00. The molecule has 1 aromatic carbocycles. The first kappa shape index (κ1) is 14.8. The zero-order chi connectivity index (χ0) is 15.6. The summed E-state index contributed by atoms with van der Waals surface area (Å²) < 4.78 is 5.02. The number of hydrogen-bond acceptors (Lipinski definition) is 5. The van der Waals surface area contributed by atoms with Gasteiger partial charge in [-0.05, 0) is 25.5 Å². The molecular weight excluding hydrogens is 276 g/mol. The van der Waals surface area contributed by atoms with Crippen LogP contribution in [-0.4, -0.2) is 47.1 Å². The summed E-state index contributed by atoms with van der Waals surface area (Å²) in [6.07, 6.45) is -1.11. The molecule has 3 amide bonds. The fourth-order valence-corrected chi connectivity index (χ4v) is 2.00. The van der Waals surface area contributed by atoms with Gasteiger partial charge in [-0.2, -0.15) is 0 Å². The van der Waals surface area contributed by atoms with Crippen LogP contribution >= 0.6 is 0 Å². The van der Waals surface area contributed by atoms with Crippen LogP contribution in [0, 0.1) is 6.92 Å². The van der Waals surface area contributed by atoms with Crippen molar-refractivity contribution in [3.63, 3.8) is 0 Å². The molecule has 1 aromatic rings. The predicted molar refractivity (Wildman–Crippen MR) is 72.8 cm³/mol. The molecule has 1 unspecified atom stereocenters. The first-order valence-electron chi connectivity index (χ1n) is 6.50. The van der Waals surface area contributed by atoms with Gasteiger partial charge in [0.1, 0.15) is 11.3 Å². The monoisotopic (exact) mass is 292 g/mol. The van der Waals surface area contributed by atoms with Gasteiger partial charge in [0.25, 0.3) is 5.91 Å². The van der Waals surface area contributed by atoms with Gasteiger partial charge in [0.15, 0.2) is 6.10 Å². The van der Waals surface area contributed by atoms with E-state index >= 15 is 0 Å². The lowest BCUT2D eigenvalue weighted by atomic mass is 10.1. The summed E-state index contributed by atoms with van der Waals surface area (Å²) in [4.78, 5) is 36.4. The average Bonchev–Trinajstić information content (AvgIpc) is 2.87. The third-order valence-corrected chi connectivity index (χ3v) is 3.21. The number of hydrogen-bond donors (Lipinski definition) is 2. The molecule has 112 valence electrons. The number of amides is 3. The lowest BCUT2D eigenvalue weighted by Gasteiger charge is -2.18. The third kappa shape index (κ3) is 2.96. The van der Waals surface area contributed by atoms with Crippen molar-refractivity contribution < 1.29 is 24.2 Å². The smallest absolute Gasteiger partial charge is 0.342 e. The van der Waals surface area contributed by atoms with E-state index in [4.69, 9.17) is 4.74 Å². The van der Waals surface area contributed by atoms with Crippen molar-refractivity contribution in [2.75, 3.05) is 13.1 Å². The Morgan fingerprint density at radius 2 is 2.14 bits per heavy atom.